The molecule has 1 aromatic rings. The number of piperazine rings is 1. The van der Waals surface area contributed by atoms with E-state index in [0.717, 1.165) is 25.5 Å². The van der Waals surface area contributed by atoms with Gasteiger partial charge < -0.3 is 15.3 Å². The fourth-order valence-electron chi connectivity index (χ4n) is 1.67. The van der Waals surface area contributed by atoms with Crippen LogP contribution >= 0.6 is 0 Å². The molecular formula is C9H14N4O. The van der Waals surface area contributed by atoms with Crippen molar-refractivity contribution < 1.29 is 5.11 Å². The van der Waals surface area contributed by atoms with E-state index in [4.69, 9.17) is 0 Å². The van der Waals surface area contributed by atoms with Gasteiger partial charge in [0.25, 0.3) is 0 Å². The molecule has 5 nitrogen and oxygen atoms in total. The van der Waals surface area contributed by atoms with Gasteiger partial charge in [-0.1, -0.05) is 0 Å². The van der Waals surface area contributed by atoms with E-state index in [0.29, 0.717) is 0 Å². The number of nitrogens with one attached hydrogen (secondary N) is 1. The Morgan fingerprint density at radius 1 is 1.57 bits per heavy atom. The molecule has 0 spiro atoms. The smallest absolute Gasteiger partial charge is 0.147 e. The van der Waals surface area contributed by atoms with Crippen LogP contribution in [0.4, 0.5) is 5.82 Å². The first kappa shape index (κ1) is 9.36. The lowest BCUT2D eigenvalue weighted by molar-refractivity contribution is 0.246. The number of hydrogen-bond donors (Lipinski definition) is 2. The van der Waals surface area contributed by atoms with E-state index >= 15 is 0 Å². The topological polar surface area (TPSA) is 61.3 Å². The highest BCUT2D eigenvalue weighted by Gasteiger charge is 2.22. The minimum Gasteiger partial charge on any atom is -0.394 e. The zero-order valence-electron chi connectivity index (χ0n) is 7.93. The summed E-state index contributed by atoms with van der Waals surface area (Å²) in [5, 5.41) is 12.4. The zero-order chi connectivity index (χ0) is 9.80. The Bertz CT molecular complexity index is 279. The second-order valence-corrected chi connectivity index (χ2v) is 3.30. The second-order valence-electron chi connectivity index (χ2n) is 3.30. The van der Waals surface area contributed by atoms with Gasteiger partial charge in [-0.2, -0.15) is 0 Å². The fraction of sp³-hybridized carbons (Fsp3) is 0.556. The largest absolute Gasteiger partial charge is 0.394 e. The van der Waals surface area contributed by atoms with Gasteiger partial charge in [0.1, 0.15) is 5.82 Å². The Hall–Kier alpha value is -1.20. The Morgan fingerprint density at radius 3 is 3.21 bits per heavy atom. The molecule has 1 fully saturated rings. The first-order chi connectivity index (χ1) is 6.92. The van der Waals surface area contributed by atoms with Gasteiger partial charge in [-0.25, -0.2) is 4.98 Å². The average molecular weight is 194 g/mol. The van der Waals surface area contributed by atoms with Gasteiger partial charge in [0.2, 0.25) is 0 Å². The molecule has 0 bridgehead atoms. The summed E-state index contributed by atoms with van der Waals surface area (Å²) >= 11 is 0. The summed E-state index contributed by atoms with van der Waals surface area (Å²) in [4.78, 5) is 10.3. The van der Waals surface area contributed by atoms with E-state index < -0.39 is 0 Å². The lowest BCUT2D eigenvalue weighted by atomic mass is 10.2. The Balaban J connectivity index is 2.15. The van der Waals surface area contributed by atoms with Crippen molar-refractivity contribution in [3.8, 4) is 0 Å². The Labute approximate surface area is 82.8 Å². The maximum atomic E-state index is 9.19. The van der Waals surface area contributed by atoms with Crippen molar-refractivity contribution in [2.75, 3.05) is 31.1 Å². The highest BCUT2D eigenvalue weighted by molar-refractivity contribution is 5.37. The molecule has 0 saturated carbocycles. The van der Waals surface area contributed by atoms with E-state index in [1.807, 2.05) is 0 Å². The predicted octanol–water partition coefficient (Wildman–Crippen LogP) is -0.753. The molecule has 1 aromatic heterocycles. The molecule has 5 heteroatoms. The molecule has 2 rings (SSSR count). The van der Waals surface area contributed by atoms with Crippen LogP contribution < -0.4 is 10.2 Å². The van der Waals surface area contributed by atoms with Gasteiger partial charge in [0, 0.05) is 32.0 Å². The summed E-state index contributed by atoms with van der Waals surface area (Å²) in [6, 6.07) is 0.112. The van der Waals surface area contributed by atoms with E-state index in [1.54, 1.807) is 18.6 Å². The van der Waals surface area contributed by atoms with Crippen LogP contribution in [0.1, 0.15) is 0 Å². The molecule has 2 heterocycles. The van der Waals surface area contributed by atoms with Gasteiger partial charge >= 0.3 is 0 Å². The van der Waals surface area contributed by atoms with Gasteiger partial charge in [-0.05, 0) is 0 Å². The third-order valence-electron chi connectivity index (χ3n) is 2.40. The number of anilines is 1. The summed E-state index contributed by atoms with van der Waals surface area (Å²) in [5.41, 5.74) is 0. The summed E-state index contributed by atoms with van der Waals surface area (Å²) in [7, 11) is 0. The number of rotatable bonds is 2. The van der Waals surface area contributed by atoms with Gasteiger partial charge in [-0.15, -0.1) is 0 Å². The molecule has 0 amide bonds. The number of aromatic nitrogens is 2. The van der Waals surface area contributed by atoms with Gasteiger partial charge in [0.15, 0.2) is 0 Å². The van der Waals surface area contributed by atoms with Crippen LogP contribution in [0.2, 0.25) is 0 Å². The quantitative estimate of drug-likeness (QED) is 0.648. The summed E-state index contributed by atoms with van der Waals surface area (Å²) in [6.07, 6.45) is 5.05. The number of nitrogens with zero attached hydrogens (tertiary/aromatic N) is 3. The van der Waals surface area contributed by atoms with Crippen LogP contribution in [0, 0.1) is 0 Å². The lowest BCUT2D eigenvalue weighted by Crippen LogP contribution is -2.53. The van der Waals surface area contributed by atoms with Crippen molar-refractivity contribution in [2.45, 2.75) is 6.04 Å². The molecular weight excluding hydrogens is 180 g/mol. The van der Waals surface area contributed by atoms with Crippen molar-refractivity contribution in [2.24, 2.45) is 0 Å². The van der Waals surface area contributed by atoms with Crippen molar-refractivity contribution >= 4 is 5.82 Å². The van der Waals surface area contributed by atoms with Crippen LogP contribution in [0.5, 0.6) is 0 Å². The average Bonchev–Trinajstić information content (AvgIpc) is 2.30. The van der Waals surface area contributed by atoms with Crippen molar-refractivity contribution in [3.05, 3.63) is 18.6 Å². The molecule has 1 saturated heterocycles. The Morgan fingerprint density at radius 2 is 2.50 bits per heavy atom. The van der Waals surface area contributed by atoms with Crippen molar-refractivity contribution in [1.82, 2.24) is 15.3 Å². The van der Waals surface area contributed by atoms with Crippen LogP contribution in [-0.2, 0) is 0 Å². The zero-order valence-corrected chi connectivity index (χ0v) is 7.93. The van der Waals surface area contributed by atoms with Crippen molar-refractivity contribution in [3.63, 3.8) is 0 Å². The first-order valence-corrected chi connectivity index (χ1v) is 4.76. The third-order valence-corrected chi connectivity index (χ3v) is 2.40. The third kappa shape index (κ3) is 1.83. The standard InChI is InChI=1S/C9H14N4O/c14-7-8-5-11-3-4-13(8)9-6-10-1-2-12-9/h1-2,6,8,11,14H,3-5,7H2. The number of hydrogen-bond acceptors (Lipinski definition) is 5. The molecule has 0 aromatic carbocycles. The molecule has 2 N–H and O–H groups in total. The molecule has 14 heavy (non-hydrogen) atoms. The fourth-order valence-corrected chi connectivity index (χ4v) is 1.67. The molecule has 1 atom stereocenters. The summed E-state index contributed by atoms with van der Waals surface area (Å²) in [6.45, 7) is 2.73. The predicted molar refractivity (Wildman–Crippen MR) is 53.1 cm³/mol. The second kappa shape index (κ2) is 4.34. The number of aliphatic hydroxyl groups is 1. The highest BCUT2D eigenvalue weighted by atomic mass is 16.3. The van der Waals surface area contributed by atoms with E-state index in [-0.39, 0.29) is 12.6 Å². The maximum absolute atomic E-state index is 9.19. The molecule has 0 radical (unpaired) electrons. The number of aliphatic hydroxyl groups excluding tert-OH is 1. The minimum absolute atomic E-state index is 0.112. The van der Waals surface area contributed by atoms with Crippen LogP contribution in [-0.4, -0.2) is 47.4 Å². The monoisotopic (exact) mass is 194 g/mol. The molecule has 1 unspecified atom stereocenters. The Kier molecular flexibility index (Phi) is 2.90. The van der Waals surface area contributed by atoms with E-state index in [9.17, 15) is 5.11 Å². The molecule has 76 valence electrons. The molecule has 1 aliphatic rings. The van der Waals surface area contributed by atoms with Crippen molar-refractivity contribution in [1.29, 1.82) is 0 Å². The van der Waals surface area contributed by atoms with Crippen LogP contribution in [0.25, 0.3) is 0 Å². The van der Waals surface area contributed by atoms with E-state index in [2.05, 4.69) is 20.2 Å². The molecule has 0 aliphatic carbocycles. The first-order valence-electron chi connectivity index (χ1n) is 4.76. The highest BCUT2D eigenvalue weighted by Crippen LogP contribution is 2.12. The van der Waals surface area contributed by atoms with Crippen LogP contribution in [0.3, 0.4) is 0 Å². The SMILES string of the molecule is OCC1CNCCN1c1cnccn1. The normalized spacial score (nSPS) is 22.4. The van der Waals surface area contributed by atoms with Crippen LogP contribution in [0.15, 0.2) is 18.6 Å². The van der Waals surface area contributed by atoms with Gasteiger partial charge in [-0.3, -0.25) is 4.98 Å². The minimum atomic E-state index is 0.112. The van der Waals surface area contributed by atoms with Gasteiger partial charge in [0.05, 0.1) is 18.8 Å². The van der Waals surface area contributed by atoms with E-state index in [1.165, 1.54) is 0 Å². The lowest BCUT2D eigenvalue weighted by Gasteiger charge is -2.35. The molecule has 1 aliphatic heterocycles. The maximum Gasteiger partial charge on any atom is 0.147 e. The summed E-state index contributed by atoms with van der Waals surface area (Å²) < 4.78 is 0. The summed E-state index contributed by atoms with van der Waals surface area (Å²) in [5.74, 6) is 0.841.